The molecule has 0 aliphatic heterocycles. The highest BCUT2D eigenvalue weighted by atomic mass is 31.2. The SMILES string of the molecule is CCCCCC/C=C\C=C/CCCCCCCC(=O)O[C@H](COC(=O)CCCCCCCCCCC(C)C)COP(=O)(O)OC[C@H](O)COP(=O)(O)OC[C@@H](COC(=O)CCCCCCCCCCCCCCCC(C)C)OC(=O)CCCCCCCCCCCCCCCCCCCCCCC. The van der Waals surface area contributed by atoms with Crippen molar-refractivity contribution in [2.45, 2.75) is 439 Å². The number of carbonyl (C=O) groups excluding carboxylic acids is 4. The quantitative estimate of drug-likeness (QED) is 0.0169. The van der Waals surface area contributed by atoms with Crippen molar-refractivity contribution in [1.29, 1.82) is 0 Å². The summed E-state index contributed by atoms with van der Waals surface area (Å²) in [5.74, 6) is -0.624. The molecule has 0 rings (SSSR count). The van der Waals surface area contributed by atoms with Gasteiger partial charge in [-0.15, -0.1) is 0 Å². The lowest BCUT2D eigenvalue weighted by atomic mass is 10.0. The number of allylic oxidation sites excluding steroid dienone is 4. The number of carbonyl (C=O) groups is 4. The number of hydrogen-bond donors (Lipinski definition) is 3. The maximum atomic E-state index is 13.1. The van der Waals surface area contributed by atoms with Gasteiger partial charge in [-0.05, 0) is 63.2 Å². The molecule has 0 saturated carbocycles. The van der Waals surface area contributed by atoms with Gasteiger partial charge >= 0.3 is 39.5 Å². The summed E-state index contributed by atoms with van der Waals surface area (Å²) >= 11 is 0. The lowest BCUT2D eigenvalue weighted by Gasteiger charge is -2.21. The first-order valence-corrected chi connectivity index (χ1v) is 45.8. The number of esters is 4. The van der Waals surface area contributed by atoms with Gasteiger partial charge in [0.25, 0.3) is 0 Å². The van der Waals surface area contributed by atoms with Crippen LogP contribution >= 0.6 is 15.6 Å². The zero-order chi connectivity index (χ0) is 75.6. The molecular weight excluding hydrogens is 1340 g/mol. The minimum atomic E-state index is -4.97. The number of unbranched alkanes of at least 4 members (excludes halogenated alkanes) is 48. The molecule has 103 heavy (non-hydrogen) atoms. The number of aliphatic hydroxyl groups is 1. The van der Waals surface area contributed by atoms with E-state index in [2.05, 4.69) is 65.8 Å². The molecule has 0 radical (unpaired) electrons. The van der Waals surface area contributed by atoms with E-state index in [0.29, 0.717) is 25.7 Å². The third-order valence-electron chi connectivity index (χ3n) is 19.1. The molecule has 0 aliphatic carbocycles. The van der Waals surface area contributed by atoms with Gasteiger partial charge in [0, 0.05) is 25.7 Å². The third-order valence-corrected chi connectivity index (χ3v) is 21.0. The summed E-state index contributed by atoms with van der Waals surface area (Å²) in [6.07, 6.45) is 68.9. The van der Waals surface area contributed by atoms with E-state index in [1.54, 1.807) is 0 Å². The highest BCUT2D eigenvalue weighted by Gasteiger charge is 2.30. The van der Waals surface area contributed by atoms with Gasteiger partial charge < -0.3 is 33.8 Å². The normalized spacial score (nSPS) is 14.0. The Hall–Kier alpha value is -2.46. The summed E-state index contributed by atoms with van der Waals surface area (Å²) in [5.41, 5.74) is 0. The molecule has 0 fully saturated rings. The van der Waals surface area contributed by atoms with Crippen molar-refractivity contribution in [1.82, 2.24) is 0 Å². The Morgan fingerprint density at radius 1 is 0.301 bits per heavy atom. The van der Waals surface area contributed by atoms with E-state index in [0.717, 1.165) is 121 Å². The van der Waals surface area contributed by atoms with Crippen LogP contribution < -0.4 is 0 Å². The van der Waals surface area contributed by atoms with Crippen LogP contribution in [-0.4, -0.2) is 96.7 Å². The van der Waals surface area contributed by atoms with Crippen LogP contribution in [0.3, 0.4) is 0 Å². The number of phosphoric acid groups is 2. The molecule has 0 spiro atoms. The predicted molar refractivity (Wildman–Crippen MR) is 423 cm³/mol. The number of phosphoric ester groups is 2. The largest absolute Gasteiger partial charge is 0.472 e. The fraction of sp³-hybridized carbons (Fsp3) is 0.905. The first-order chi connectivity index (χ1) is 49.9. The number of aliphatic hydroxyl groups excluding tert-OH is 1. The molecule has 0 heterocycles. The van der Waals surface area contributed by atoms with E-state index in [4.69, 9.17) is 37.0 Å². The van der Waals surface area contributed by atoms with Gasteiger partial charge in [0.05, 0.1) is 26.4 Å². The minimum absolute atomic E-state index is 0.0847. The van der Waals surface area contributed by atoms with Crippen molar-refractivity contribution >= 4 is 39.5 Å². The molecule has 0 bridgehead atoms. The Bertz CT molecular complexity index is 2070. The Morgan fingerprint density at radius 2 is 0.524 bits per heavy atom. The lowest BCUT2D eigenvalue weighted by Crippen LogP contribution is -2.30. The smallest absolute Gasteiger partial charge is 0.462 e. The van der Waals surface area contributed by atoms with Crippen LogP contribution in [0, 0.1) is 11.8 Å². The number of hydrogen-bond acceptors (Lipinski definition) is 15. The molecule has 2 unspecified atom stereocenters. The zero-order valence-corrected chi connectivity index (χ0v) is 68.9. The van der Waals surface area contributed by atoms with Gasteiger partial charge in [0.15, 0.2) is 12.2 Å². The second-order valence-electron chi connectivity index (χ2n) is 30.5. The van der Waals surface area contributed by atoms with Crippen LogP contribution in [0.15, 0.2) is 24.3 Å². The van der Waals surface area contributed by atoms with Crippen molar-refractivity contribution in [3.63, 3.8) is 0 Å². The summed E-state index contributed by atoms with van der Waals surface area (Å²) in [6, 6.07) is 0. The summed E-state index contributed by atoms with van der Waals surface area (Å²) in [5, 5.41) is 10.7. The van der Waals surface area contributed by atoms with E-state index in [1.165, 1.54) is 218 Å². The van der Waals surface area contributed by atoms with Gasteiger partial charge in [-0.1, -0.05) is 368 Å². The fourth-order valence-electron chi connectivity index (χ4n) is 12.5. The molecule has 0 aromatic rings. The second-order valence-corrected chi connectivity index (χ2v) is 33.4. The maximum Gasteiger partial charge on any atom is 0.472 e. The fourth-order valence-corrected chi connectivity index (χ4v) is 14.1. The van der Waals surface area contributed by atoms with Gasteiger partial charge in [0.2, 0.25) is 0 Å². The molecule has 5 atom stereocenters. The first-order valence-electron chi connectivity index (χ1n) is 42.8. The van der Waals surface area contributed by atoms with E-state index in [1.807, 2.05) is 0 Å². The molecule has 0 aliphatic rings. The third kappa shape index (κ3) is 77.5. The molecule has 19 heteroatoms. The van der Waals surface area contributed by atoms with E-state index in [-0.39, 0.29) is 25.7 Å². The molecule has 3 N–H and O–H groups in total. The van der Waals surface area contributed by atoms with Gasteiger partial charge in [-0.3, -0.25) is 37.3 Å². The van der Waals surface area contributed by atoms with Gasteiger partial charge in [-0.25, -0.2) is 9.13 Å². The van der Waals surface area contributed by atoms with E-state index >= 15 is 0 Å². The van der Waals surface area contributed by atoms with E-state index < -0.39 is 97.5 Å². The molecule has 608 valence electrons. The van der Waals surface area contributed by atoms with Gasteiger partial charge in [0.1, 0.15) is 19.3 Å². The standard InChI is InChI=1S/C84H160O17P2/c1-7-9-11-13-15-17-19-21-23-24-25-26-27-28-30-34-39-43-51-57-63-69-83(88)100-79(72-94-81(86)66-60-54-48-41-37-35-31-32-36-40-46-52-58-64-76(3)4)74-98-102(90,91)96-70-78(85)71-97-103(92,93)99-75-80(73-95-82(87)67-61-55-49-45-44-47-53-59-65-77(5)6)101-84(89)68-62-56-50-42-38-33-29-22-20-18-16-14-12-10-8-2/h18,20,22,29,76-80,85H,7-17,19,21,23-28,30-75H2,1-6H3,(H,90,91)(H,92,93)/b20-18-,29-22-/t78-,79-,80-/m1/s1. The molecule has 0 saturated heterocycles. The highest BCUT2D eigenvalue weighted by Crippen LogP contribution is 2.45. The average Bonchev–Trinajstić information content (AvgIpc) is 0.931. The predicted octanol–water partition coefficient (Wildman–Crippen LogP) is 25.0. The minimum Gasteiger partial charge on any atom is -0.462 e. The van der Waals surface area contributed by atoms with Crippen LogP contribution in [0.2, 0.25) is 0 Å². The molecule has 0 amide bonds. The summed E-state index contributed by atoms with van der Waals surface area (Å²) in [4.78, 5) is 73.1. The highest BCUT2D eigenvalue weighted by molar-refractivity contribution is 7.47. The molecule has 0 aromatic carbocycles. The Balaban J connectivity index is 5.27. The van der Waals surface area contributed by atoms with Crippen molar-refractivity contribution in [2.24, 2.45) is 11.8 Å². The van der Waals surface area contributed by atoms with Crippen LogP contribution in [0.1, 0.15) is 420 Å². The maximum absolute atomic E-state index is 13.1. The average molecular weight is 1500 g/mol. The van der Waals surface area contributed by atoms with Crippen LogP contribution in [0.4, 0.5) is 0 Å². The molecule has 17 nitrogen and oxygen atoms in total. The van der Waals surface area contributed by atoms with Crippen LogP contribution in [0.25, 0.3) is 0 Å². The number of rotatable bonds is 81. The number of ether oxygens (including phenoxy) is 4. The summed E-state index contributed by atoms with van der Waals surface area (Å²) in [7, 11) is -9.94. The lowest BCUT2D eigenvalue weighted by molar-refractivity contribution is -0.161. The Kier molecular flexibility index (Phi) is 73.2. The summed E-state index contributed by atoms with van der Waals surface area (Å²) < 4.78 is 68.8. The van der Waals surface area contributed by atoms with Crippen LogP contribution in [-0.2, 0) is 65.4 Å². The summed E-state index contributed by atoms with van der Waals surface area (Å²) in [6.45, 7) is 9.56. The Labute approximate surface area is 631 Å². The van der Waals surface area contributed by atoms with Crippen LogP contribution in [0.5, 0.6) is 0 Å². The monoisotopic (exact) mass is 1500 g/mol. The van der Waals surface area contributed by atoms with Crippen molar-refractivity contribution in [3.05, 3.63) is 24.3 Å². The first kappa shape index (κ1) is 101. The van der Waals surface area contributed by atoms with Crippen molar-refractivity contribution in [2.75, 3.05) is 39.6 Å². The molecule has 0 aromatic heterocycles. The second kappa shape index (κ2) is 75.0. The van der Waals surface area contributed by atoms with Crippen molar-refractivity contribution in [3.8, 4) is 0 Å². The Morgan fingerprint density at radius 3 is 0.796 bits per heavy atom. The van der Waals surface area contributed by atoms with Gasteiger partial charge in [-0.2, -0.15) is 0 Å². The van der Waals surface area contributed by atoms with E-state index in [9.17, 15) is 43.2 Å². The molecular formula is C84H160O17P2. The van der Waals surface area contributed by atoms with Crippen molar-refractivity contribution < 1.29 is 80.2 Å². The zero-order valence-electron chi connectivity index (χ0n) is 67.1. The topological polar surface area (TPSA) is 237 Å².